The second-order valence-electron chi connectivity index (χ2n) is 5.14. The third kappa shape index (κ3) is 3.85. The van der Waals surface area contributed by atoms with Crippen LogP contribution >= 0.6 is 0 Å². The predicted molar refractivity (Wildman–Crippen MR) is 86.6 cm³/mol. The largest absolute Gasteiger partial charge is 0.507 e. The van der Waals surface area contributed by atoms with Gasteiger partial charge in [0.1, 0.15) is 5.75 Å². The van der Waals surface area contributed by atoms with Crippen LogP contribution in [-0.2, 0) is 10.0 Å². The number of nitrogens with one attached hydrogen (secondary N) is 1. The number of hydrogen-bond donors (Lipinski definition) is 2. The van der Waals surface area contributed by atoms with E-state index in [1.807, 2.05) is 13.8 Å². The second kappa shape index (κ2) is 6.62. The van der Waals surface area contributed by atoms with E-state index in [2.05, 4.69) is 9.93 Å². The Balaban J connectivity index is 2.13. The number of hydrazone groups is 1. The fourth-order valence-electron chi connectivity index (χ4n) is 1.85. The normalized spacial score (nSPS) is 12.0. The monoisotopic (exact) mass is 318 g/mol. The van der Waals surface area contributed by atoms with Crippen LogP contribution in [0.5, 0.6) is 5.75 Å². The number of phenolic OH excluding ortho intramolecular Hbond substituents is 1. The van der Waals surface area contributed by atoms with Gasteiger partial charge in [-0.05, 0) is 35.7 Å². The molecule has 2 rings (SSSR count). The van der Waals surface area contributed by atoms with E-state index in [0.717, 1.165) is 5.56 Å². The van der Waals surface area contributed by atoms with Gasteiger partial charge < -0.3 is 5.11 Å². The predicted octanol–water partition coefficient (Wildman–Crippen LogP) is 2.83. The van der Waals surface area contributed by atoms with Gasteiger partial charge in [-0.3, -0.25) is 0 Å². The molecule has 2 aromatic carbocycles. The molecule has 0 radical (unpaired) electrons. The fraction of sp³-hybridized carbons (Fsp3) is 0.188. The highest BCUT2D eigenvalue weighted by atomic mass is 32.2. The molecule has 0 aliphatic rings. The van der Waals surface area contributed by atoms with Crippen LogP contribution in [0.15, 0.2) is 58.5 Å². The Morgan fingerprint density at radius 2 is 1.73 bits per heavy atom. The summed E-state index contributed by atoms with van der Waals surface area (Å²) < 4.78 is 24.2. The Morgan fingerprint density at radius 3 is 2.32 bits per heavy atom. The van der Waals surface area contributed by atoms with E-state index in [1.54, 1.807) is 42.5 Å². The van der Waals surface area contributed by atoms with Gasteiger partial charge in [0, 0.05) is 5.56 Å². The van der Waals surface area contributed by atoms with Crippen molar-refractivity contribution in [3.63, 3.8) is 0 Å². The first-order valence-corrected chi connectivity index (χ1v) is 8.31. The van der Waals surface area contributed by atoms with Crippen molar-refractivity contribution < 1.29 is 13.5 Å². The van der Waals surface area contributed by atoms with E-state index >= 15 is 0 Å². The van der Waals surface area contributed by atoms with Gasteiger partial charge in [0.25, 0.3) is 10.0 Å². The maximum atomic E-state index is 12.1. The zero-order valence-corrected chi connectivity index (χ0v) is 13.2. The van der Waals surface area contributed by atoms with E-state index < -0.39 is 10.0 Å². The molecule has 2 aromatic rings. The third-order valence-corrected chi connectivity index (χ3v) is 4.41. The first kappa shape index (κ1) is 16.0. The van der Waals surface area contributed by atoms with Crippen molar-refractivity contribution in [2.75, 3.05) is 0 Å². The molecule has 2 N–H and O–H groups in total. The Labute approximate surface area is 130 Å². The van der Waals surface area contributed by atoms with E-state index in [9.17, 15) is 13.5 Å². The molecule has 6 heteroatoms. The fourth-order valence-corrected chi connectivity index (χ4v) is 2.64. The first-order valence-electron chi connectivity index (χ1n) is 6.83. The Morgan fingerprint density at radius 1 is 1.09 bits per heavy atom. The summed E-state index contributed by atoms with van der Waals surface area (Å²) in [6, 6.07) is 13.2. The summed E-state index contributed by atoms with van der Waals surface area (Å²) in [6.07, 6.45) is 1.26. The smallest absolute Gasteiger partial charge is 0.276 e. The molecule has 0 fully saturated rings. The minimum Gasteiger partial charge on any atom is -0.507 e. The number of sulfonamides is 1. The molecule has 0 saturated heterocycles. The molecule has 0 saturated carbocycles. The zero-order chi connectivity index (χ0) is 16.2. The van der Waals surface area contributed by atoms with Crippen LogP contribution in [0, 0.1) is 0 Å². The Hall–Kier alpha value is -2.34. The minimum absolute atomic E-state index is 0.0340. The van der Waals surface area contributed by atoms with Crippen LogP contribution in [0.4, 0.5) is 0 Å². The second-order valence-corrected chi connectivity index (χ2v) is 6.80. The highest BCUT2D eigenvalue weighted by molar-refractivity contribution is 7.89. The van der Waals surface area contributed by atoms with Crippen LogP contribution < -0.4 is 4.83 Å². The lowest BCUT2D eigenvalue weighted by atomic mass is 10.0. The molecule has 0 spiro atoms. The van der Waals surface area contributed by atoms with Gasteiger partial charge in [0.15, 0.2) is 0 Å². The number of aromatic hydroxyl groups is 1. The van der Waals surface area contributed by atoms with Gasteiger partial charge >= 0.3 is 0 Å². The molecule has 0 aliphatic carbocycles. The Bertz CT molecular complexity index is 766. The summed E-state index contributed by atoms with van der Waals surface area (Å²) in [7, 11) is -3.72. The molecule has 0 aliphatic heterocycles. The van der Waals surface area contributed by atoms with Crippen LogP contribution in [0.2, 0.25) is 0 Å². The van der Waals surface area contributed by atoms with Crippen LogP contribution in [0.3, 0.4) is 0 Å². The van der Waals surface area contributed by atoms with Gasteiger partial charge in [0.05, 0.1) is 11.1 Å². The summed E-state index contributed by atoms with van der Waals surface area (Å²) >= 11 is 0. The lowest BCUT2D eigenvalue weighted by molar-refractivity contribution is 0.474. The van der Waals surface area contributed by atoms with E-state index in [1.165, 1.54) is 12.3 Å². The average molecular weight is 318 g/mol. The van der Waals surface area contributed by atoms with Crippen LogP contribution in [0.1, 0.15) is 30.9 Å². The number of phenols is 1. The van der Waals surface area contributed by atoms with Crippen LogP contribution in [0.25, 0.3) is 0 Å². The van der Waals surface area contributed by atoms with E-state index in [4.69, 9.17) is 0 Å². The summed E-state index contributed by atoms with van der Waals surface area (Å²) in [6.45, 7) is 4.08. The molecule has 0 unspecified atom stereocenters. The van der Waals surface area contributed by atoms with Gasteiger partial charge in [-0.15, -0.1) is 0 Å². The maximum absolute atomic E-state index is 12.1. The highest BCUT2D eigenvalue weighted by Crippen LogP contribution is 2.17. The van der Waals surface area contributed by atoms with Crippen molar-refractivity contribution in [2.24, 2.45) is 5.10 Å². The standard InChI is InChI=1S/C16H18N2O3S/c1-12(2)13-7-9-15(10-8-13)22(20,21)18-17-11-14-5-3-4-6-16(14)19/h3-12,18-19H,1-2H3/b17-11+. The van der Waals surface area contributed by atoms with Crippen molar-refractivity contribution in [1.29, 1.82) is 0 Å². The van der Waals surface area contributed by atoms with Gasteiger partial charge in [0.2, 0.25) is 0 Å². The number of nitrogens with zero attached hydrogens (tertiary/aromatic N) is 1. The van der Waals surface area contributed by atoms with Gasteiger partial charge in [-0.25, -0.2) is 4.83 Å². The lowest BCUT2D eigenvalue weighted by Gasteiger charge is -2.07. The maximum Gasteiger partial charge on any atom is 0.276 e. The van der Waals surface area contributed by atoms with Crippen LogP contribution in [-0.4, -0.2) is 19.7 Å². The van der Waals surface area contributed by atoms with E-state index in [-0.39, 0.29) is 10.6 Å². The molecule has 0 heterocycles. The molecule has 0 atom stereocenters. The van der Waals surface area contributed by atoms with Crippen molar-refractivity contribution in [1.82, 2.24) is 4.83 Å². The SMILES string of the molecule is CC(C)c1ccc(S(=O)(=O)N/N=C/c2ccccc2O)cc1. The highest BCUT2D eigenvalue weighted by Gasteiger charge is 2.12. The van der Waals surface area contributed by atoms with Crippen molar-refractivity contribution in [2.45, 2.75) is 24.7 Å². The number of rotatable bonds is 5. The Kier molecular flexibility index (Phi) is 4.82. The lowest BCUT2D eigenvalue weighted by Crippen LogP contribution is -2.18. The molecule has 22 heavy (non-hydrogen) atoms. The first-order chi connectivity index (χ1) is 10.4. The molecule has 0 aromatic heterocycles. The topological polar surface area (TPSA) is 78.8 Å². The average Bonchev–Trinajstić information content (AvgIpc) is 2.49. The third-order valence-electron chi connectivity index (χ3n) is 3.17. The molecular weight excluding hydrogens is 300 g/mol. The molecule has 0 bridgehead atoms. The van der Waals surface area contributed by atoms with Crippen molar-refractivity contribution in [3.8, 4) is 5.75 Å². The summed E-state index contributed by atoms with van der Waals surface area (Å²) in [5.41, 5.74) is 1.50. The summed E-state index contributed by atoms with van der Waals surface area (Å²) in [4.78, 5) is 2.27. The number of hydrogen-bond acceptors (Lipinski definition) is 4. The summed E-state index contributed by atoms with van der Waals surface area (Å²) in [5, 5.41) is 13.3. The number of para-hydroxylation sites is 1. The number of benzene rings is 2. The quantitative estimate of drug-likeness (QED) is 0.657. The van der Waals surface area contributed by atoms with Crippen molar-refractivity contribution in [3.05, 3.63) is 59.7 Å². The molecule has 5 nitrogen and oxygen atoms in total. The summed E-state index contributed by atoms with van der Waals surface area (Å²) in [5.74, 6) is 0.371. The van der Waals surface area contributed by atoms with Crippen molar-refractivity contribution >= 4 is 16.2 Å². The molecule has 0 amide bonds. The van der Waals surface area contributed by atoms with Gasteiger partial charge in [-0.1, -0.05) is 38.1 Å². The zero-order valence-electron chi connectivity index (χ0n) is 12.4. The molecule has 116 valence electrons. The molecular formula is C16H18N2O3S. The van der Waals surface area contributed by atoms with E-state index in [0.29, 0.717) is 11.5 Å². The minimum atomic E-state index is -3.72. The van der Waals surface area contributed by atoms with Gasteiger partial charge in [-0.2, -0.15) is 13.5 Å².